The van der Waals surface area contributed by atoms with Crippen LogP contribution >= 0.6 is 0 Å². The molecule has 0 radical (unpaired) electrons. The average Bonchev–Trinajstić information content (AvgIpc) is 2.78. The maximum absolute atomic E-state index is 12.9. The van der Waals surface area contributed by atoms with Crippen molar-refractivity contribution in [3.05, 3.63) is 48.3 Å². The standard InChI is InChI=1S/C22H31NO8S/c1-4-5-13-30-22(25)20-15-17(2)16-21(31-20)29-14-11-23(10-12-24)32(26,27)19-8-6-18(28-3)7-9-19/h4-9,15,17,21,24H,10-14,16H2,1-3H3/b5-4-/t17?,21-/m1/s1. The molecular weight excluding hydrogens is 438 g/mol. The quantitative estimate of drug-likeness (QED) is 0.366. The number of hydrogen-bond acceptors (Lipinski definition) is 8. The molecule has 1 heterocycles. The third-order valence-electron chi connectivity index (χ3n) is 4.70. The van der Waals surface area contributed by atoms with Gasteiger partial charge in [0.25, 0.3) is 0 Å². The zero-order valence-corrected chi connectivity index (χ0v) is 19.4. The van der Waals surface area contributed by atoms with Crippen molar-refractivity contribution in [2.24, 2.45) is 5.92 Å². The van der Waals surface area contributed by atoms with E-state index in [-0.39, 0.29) is 49.5 Å². The third-order valence-corrected chi connectivity index (χ3v) is 6.61. The first-order chi connectivity index (χ1) is 15.3. The van der Waals surface area contributed by atoms with Crippen LogP contribution in [0, 0.1) is 5.92 Å². The number of rotatable bonds is 12. The van der Waals surface area contributed by atoms with Gasteiger partial charge in [-0.3, -0.25) is 0 Å². The van der Waals surface area contributed by atoms with Crippen molar-refractivity contribution in [1.82, 2.24) is 4.31 Å². The maximum Gasteiger partial charge on any atom is 0.373 e. The van der Waals surface area contributed by atoms with Crippen LogP contribution in [0.1, 0.15) is 20.3 Å². The first-order valence-electron chi connectivity index (χ1n) is 10.3. The molecule has 2 rings (SSSR count). The number of ether oxygens (including phenoxy) is 4. The Morgan fingerprint density at radius 3 is 2.62 bits per heavy atom. The van der Waals surface area contributed by atoms with Crippen LogP contribution in [0.3, 0.4) is 0 Å². The van der Waals surface area contributed by atoms with Crippen LogP contribution in [0.25, 0.3) is 0 Å². The van der Waals surface area contributed by atoms with E-state index in [0.29, 0.717) is 12.2 Å². The van der Waals surface area contributed by atoms with Gasteiger partial charge in [-0.25, -0.2) is 13.2 Å². The molecule has 1 aromatic carbocycles. The highest BCUT2D eigenvalue weighted by molar-refractivity contribution is 7.89. The first-order valence-corrected chi connectivity index (χ1v) is 11.8. The fourth-order valence-corrected chi connectivity index (χ4v) is 4.43. The number of sulfonamides is 1. The van der Waals surface area contributed by atoms with Crippen molar-refractivity contribution in [3.8, 4) is 5.75 Å². The highest BCUT2D eigenvalue weighted by Gasteiger charge is 2.28. The maximum atomic E-state index is 12.9. The van der Waals surface area contributed by atoms with E-state index < -0.39 is 22.3 Å². The molecule has 0 amide bonds. The van der Waals surface area contributed by atoms with Gasteiger partial charge in [0.05, 0.1) is 25.2 Å². The van der Waals surface area contributed by atoms with Gasteiger partial charge in [-0.15, -0.1) is 0 Å². The number of aliphatic hydroxyl groups excluding tert-OH is 1. The molecule has 1 unspecified atom stereocenters. The third kappa shape index (κ3) is 7.33. The zero-order chi connectivity index (χ0) is 23.6. The van der Waals surface area contributed by atoms with Gasteiger partial charge < -0.3 is 24.1 Å². The lowest BCUT2D eigenvalue weighted by Gasteiger charge is -2.28. The van der Waals surface area contributed by atoms with E-state index in [4.69, 9.17) is 18.9 Å². The summed E-state index contributed by atoms with van der Waals surface area (Å²) in [5.74, 6) is 0.0656. The Morgan fingerprint density at radius 1 is 1.28 bits per heavy atom. The van der Waals surface area contributed by atoms with Gasteiger partial charge >= 0.3 is 5.97 Å². The minimum absolute atomic E-state index is 0.00789. The predicted molar refractivity (Wildman–Crippen MR) is 117 cm³/mol. The number of esters is 1. The van der Waals surface area contributed by atoms with Crippen LogP contribution in [0.15, 0.2) is 53.1 Å². The van der Waals surface area contributed by atoms with E-state index in [2.05, 4.69) is 0 Å². The Bertz CT molecular complexity index is 895. The molecule has 10 heteroatoms. The number of carbonyl (C=O) groups excluding carboxylic acids is 1. The second kappa shape index (κ2) is 12.6. The minimum Gasteiger partial charge on any atom is -0.497 e. The van der Waals surface area contributed by atoms with Crippen LogP contribution in [-0.4, -0.2) is 70.1 Å². The van der Waals surface area contributed by atoms with E-state index >= 15 is 0 Å². The van der Waals surface area contributed by atoms with Crippen LogP contribution in [0.2, 0.25) is 0 Å². The summed E-state index contributed by atoms with van der Waals surface area (Å²) in [5, 5.41) is 9.34. The van der Waals surface area contributed by atoms with E-state index in [0.717, 1.165) is 4.31 Å². The SMILES string of the molecule is C/C=C\COC(=O)C1=CC(C)C[C@H](OCCN(CCO)S(=O)(=O)c2ccc(OC)cc2)O1. The van der Waals surface area contributed by atoms with Gasteiger partial charge in [0.2, 0.25) is 22.1 Å². The van der Waals surface area contributed by atoms with Crippen LogP contribution in [0.5, 0.6) is 5.75 Å². The summed E-state index contributed by atoms with van der Waals surface area (Å²) < 4.78 is 48.5. The highest BCUT2D eigenvalue weighted by atomic mass is 32.2. The van der Waals surface area contributed by atoms with Gasteiger partial charge in [0.15, 0.2) is 0 Å². The van der Waals surface area contributed by atoms with Crippen molar-refractivity contribution < 1.29 is 37.3 Å². The van der Waals surface area contributed by atoms with E-state index in [9.17, 15) is 18.3 Å². The number of allylic oxidation sites excluding steroid dienone is 2. The molecule has 0 aromatic heterocycles. The molecule has 2 atom stereocenters. The lowest BCUT2D eigenvalue weighted by atomic mass is 10.0. The monoisotopic (exact) mass is 469 g/mol. The highest BCUT2D eigenvalue weighted by Crippen LogP contribution is 2.24. The zero-order valence-electron chi connectivity index (χ0n) is 18.6. The second-order valence-corrected chi connectivity index (χ2v) is 9.07. The molecule has 9 nitrogen and oxygen atoms in total. The first kappa shape index (κ1) is 25.9. The minimum atomic E-state index is -3.83. The molecule has 1 aliphatic heterocycles. The topological polar surface area (TPSA) is 112 Å². The summed E-state index contributed by atoms with van der Waals surface area (Å²) >= 11 is 0. The summed E-state index contributed by atoms with van der Waals surface area (Å²) in [6.45, 7) is 3.51. The van der Waals surface area contributed by atoms with Crippen molar-refractivity contribution in [3.63, 3.8) is 0 Å². The summed E-state index contributed by atoms with van der Waals surface area (Å²) in [6, 6.07) is 6.01. The largest absolute Gasteiger partial charge is 0.497 e. The molecule has 0 spiro atoms. The van der Waals surface area contributed by atoms with Crippen LogP contribution < -0.4 is 4.74 Å². The summed E-state index contributed by atoms with van der Waals surface area (Å²) in [5.41, 5.74) is 0. The molecular formula is C22H31NO8S. The van der Waals surface area contributed by atoms with Gasteiger partial charge in [-0.2, -0.15) is 4.31 Å². The fourth-order valence-electron chi connectivity index (χ4n) is 3.01. The second-order valence-electron chi connectivity index (χ2n) is 7.13. The molecule has 1 aromatic rings. The van der Waals surface area contributed by atoms with Gasteiger partial charge in [0.1, 0.15) is 12.4 Å². The summed E-state index contributed by atoms with van der Waals surface area (Å²) in [7, 11) is -2.34. The molecule has 0 saturated carbocycles. The smallest absolute Gasteiger partial charge is 0.373 e. The Hall–Kier alpha value is -2.40. The Morgan fingerprint density at radius 2 is 2.00 bits per heavy atom. The predicted octanol–water partition coefficient (Wildman–Crippen LogP) is 2.08. The number of hydrogen-bond donors (Lipinski definition) is 1. The van der Waals surface area contributed by atoms with E-state index in [1.165, 1.54) is 19.2 Å². The molecule has 1 N–H and O–H groups in total. The fraction of sp³-hybridized carbons (Fsp3) is 0.500. The Balaban J connectivity index is 1.96. The number of nitrogens with zero attached hydrogens (tertiary/aromatic N) is 1. The molecule has 32 heavy (non-hydrogen) atoms. The van der Waals surface area contributed by atoms with Gasteiger partial charge in [0, 0.05) is 19.5 Å². The van der Waals surface area contributed by atoms with E-state index in [1.54, 1.807) is 30.4 Å². The molecule has 0 aliphatic carbocycles. The molecule has 0 bridgehead atoms. The lowest BCUT2D eigenvalue weighted by molar-refractivity contribution is -0.162. The number of carbonyl (C=O) groups is 1. The molecule has 0 fully saturated rings. The normalized spacial score (nSPS) is 19.0. The van der Waals surface area contributed by atoms with Crippen molar-refractivity contribution in [1.29, 1.82) is 0 Å². The number of benzene rings is 1. The van der Waals surface area contributed by atoms with Gasteiger partial charge in [-0.05, 0) is 43.2 Å². The van der Waals surface area contributed by atoms with Crippen molar-refractivity contribution in [2.75, 3.05) is 40.0 Å². The molecule has 1 aliphatic rings. The summed E-state index contributed by atoms with van der Waals surface area (Å²) in [6.07, 6.45) is 4.97. The molecule has 178 valence electrons. The number of methoxy groups -OCH3 is 1. The van der Waals surface area contributed by atoms with Crippen LogP contribution in [0.4, 0.5) is 0 Å². The molecule has 0 saturated heterocycles. The lowest BCUT2D eigenvalue weighted by Crippen LogP contribution is -2.37. The Kier molecular flexibility index (Phi) is 10.2. The number of aliphatic hydroxyl groups is 1. The summed E-state index contributed by atoms with van der Waals surface area (Å²) in [4.78, 5) is 12.2. The van der Waals surface area contributed by atoms with Crippen molar-refractivity contribution >= 4 is 16.0 Å². The Labute approximate surface area is 189 Å². The van der Waals surface area contributed by atoms with Gasteiger partial charge in [-0.1, -0.05) is 19.1 Å². The van der Waals surface area contributed by atoms with E-state index in [1.807, 2.05) is 13.8 Å². The average molecular weight is 470 g/mol. The van der Waals surface area contributed by atoms with Crippen LogP contribution in [-0.2, 0) is 29.0 Å². The van der Waals surface area contributed by atoms with Crippen molar-refractivity contribution in [2.45, 2.75) is 31.5 Å².